The number of aryl methyl sites for hydroxylation is 1. The summed E-state index contributed by atoms with van der Waals surface area (Å²) in [5, 5.41) is 3.80. The molecule has 9 heteroatoms. The molecule has 0 unspecified atom stereocenters. The van der Waals surface area contributed by atoms with Gasteiger partial charge in [0.2, 0.25) is 0 Å². The second-order valence-electron chi connectivity index (χ2n) is 7.09. The van der Waals surface area contributed by atoms with Crippen LogP contribution in [0.2, 0.25) is 10.0 Å². The average molecular weight is 448 g/mol. The number of ether oxygens (including phenoxy) is 2. The van der Waals surface area contributed by atoms with Crippen LogP contribution in [-0.2, 0) is 13.1 Å². The zero-order valence-corrected chi connectivity index (χ0v) is 17.9. The minimum atomic E-state index is -0.599. The zero-order valence-electron chi connectivity index (χ0n) is 16.4. The molecule has 0 radical (unpaired) electrons. The largest absolute Gasteiger partial charge is 0.486 e. The maximum Gasteiger partial charge on any atom is 0.287 e. The molecule has 0 spiro atoms. The number of para-hydroxylation sites is 2. The zero-order chi connectivity index (χ0) is 21.4. The molecule has 0 bridgehead atoms. The molecule has 1 aliphatic rings. The third kappa shape index (κ3) is 3.82. The van der Waals surface area contributed by atoms with Gasteiger partial charge in [-0.25, -0.2) is 4.68 Å². The number of aromatic nitrogens is 3. The van der Waals surface area contributed by atoms with Crippen LogP contribution in [0.4, 0.5) is 0 Å². The third-order valence-electron chi connectivity index (χ3n) is 5.06. The molecule has 1 aromatic carbocycles. The minimum Gasteiger partial charge on any atom is -0.486 e. The van der Waals surface area contributed by atoms with Crippen molar-refractivity contribution >= 4 is 29.0 Å². The standard InChI is InChI=1S/C21H19Cl2N3O4/c1-12-7-15(17(27)10-26-21(28)20(23)16(22)8-24-26)13(2)25(12)9-14-11-29-18-5-3-4-6-19(18)30-14/h3-8,14H,9-11H2,1-2H3/t14-/m0/s1. The highest BCUT2D eigenvalue weighted by atomic mass is 35.5. The van der Waals surface area contributed by atoms with Gasteiger partial charge in [0.05, 0.1) is 17.8 Å². The quantitative estimate of drug-likeness (QED) is 0.557. The summed E-state index contributed by atoms with van der Waals surface area (Å²) in [5.74, 6) is 1.19. The summed E-state index contributed by atoms with van der Waals surface area (Å²) >= 11 is 11.7. The molecule has 0 saturated carbocycles. The predicted molar refractivity (Wildman–Crippen MR) is 113 cm³/mol. The highest BCUT2D eigenvalue weighted by Gasteiger charge is 2.24. The van der Waals surface area contributed by atoms with E-state index in [4.69, 9.17) is 32.7 Å². The van der Waals surface area contributed by atoms with Crippen LogP contribution in [-0.4, -0.2) is 32.8 Å². The van der Waals surface area contributed by atoms with E-state index in [-0.39, 0.29) is 28.5 Å². The lowest BCUT2D eigenvalue weighted by atomic mass is 10.1. The van der Waals surface area contributed by atoms with Crippen molar-refractivity contribution in [1.29, 1.82) is 0 Å². The summed E-state index contributed by atoms with van der Waals surface area (Å²) in [6.07, 6.45) is 1.06. The number of rotatable bonds is 5. The van der Waals surface area contributed by atoms with Crippen molar-refractivity contribution in [3.63, 3.8) is 0 Å². The van der Waals surface area contributed by atoms with Crippen LogP contribution in [0.25, 0.3) is 0 Å². The van der Waals surface area contributed by atoms with E-state index in [1.807, 2.05) is 42.7 Å². The van der Waals surface area contributed by atoms with E-state index < -0.39 is 5.56 Å². The molecule has 0 amide bonds. The molecule has 0 fully saturated rings. The van der Waals surface area contributed by atoms with E-state index in [1.54, 1.807) is 6.07 Å². The van der Waals surface area contributed by atoms with Gasteiger partial charge < -0.3 is 14.0 Å². The fourth-order valence-corrected chi connectivity index (χ4v) is 3.77. The van der Waals surface area contributed by atoms with Crippen LogP contribution in [0.15, 0.2) is 41.3 Å². The Labute approximate surface area is 182 Å². The summed E-state index contributed by atoms with van der Waals surface area (Å²) in [6, 6.07) is 9.33. The Morgan fingerprint density at radius 1 is 1.23 bits per heavy atom. The van der Waals surface area contributed by atoms with Gasteiger partial charge in [-0.15, -0.1) is 0 Å². The third-order valence-corrected chi connectivity index (χ3v) is 5.81. The Balaban J connectivity index is 1.53. The predicted octanol–water partition coefficient (Wildman–Crippen LogP) is 3.69. The molecule has 7 nitrogen and oxygen atoms in total. The SMILES string of the molecule is Cc1cc(C(=O)Cn2ncc(Cl)c(Cl)c2=O)c(C)n1C[C@H]1COc2ccccc2O1. The van der Waals surface area contributed by atoms with Crippen molar-refractivity contribution < 1.29 is 14.3 Å². The summed E-state index contributed by atoms with van der Waals surface area (Å²) in [4.78, 5) is 25.0. The molecule has 0 N–H and O–H groups in total. The molecule has 4 rings (SSSR count). The average Bonchev–Trinajstić information content (AvgIpc) is 3.02. The summed E-state index contributed by atoms with van der Waals surface area (Å²) < 4.78 is 14.8. The lowest BCUT2D eigenvalue weighted by Crippen LogP contribution is -2.33. The first-order valence-corrected chi connectivity index (χ1v) is 10.1. The van der Waals surface area contributed by atoms with Crippen LogP contribution in [0.5, 0.6) is 11.5 Å². The molecule has 30 heavy (non-hydrogen) atoms. The van der Waals surface area contributed by atoms with Crippen molar-refractivity contribution in [2.45, 2.75) is 33.0 Å². The number of hydrogen-bond acceptors (Lipinski definition) is 5. The number of hydrogen-bond donors (Lipinski definition) is 0. The number of ketones is 1. The number of carbonyl (C=O) groups is 1. The van der Waals surface area contributed by atoms with E-state index in [1.165, 1.54) is 6.20 Å². The van der Waals surface area contributed by atoms with Crippen molar-refractivity contribution in [3.05, 3.63) is 73.9 Å². The van der Waals surface area contributed by atoms with Crippen molar-refractivity contribution in [2.24, 2.45) is 0 Å². The first-order valence-electron chi connectivity index (χ1n) is 9.34. The molecule has 2 aromatic heterocycles. The molecule has 3 heterocycles. The number of halogens is 2. The van der Waals surface area contributed by atoms with Crippen LogP contribution in [0.3, 0.4) is 0 Å². The Hall–Kier alpha value is -2.77. The van der Waals surface area contributed by atoms with Gasteiger partial charge in [0.25, 0.3) is 5.56 Å². The van der Waals surface area contributed by atoms with E-state index in [0.29, 0.717) is 24.5 Å². The van der Waals surface area contributed by atoms with Gasteiger partial charge in [-0.1, -0.05) is 35.3 Å². The fourth-order valence-electron chi connectivity index (χ4n) is 3.50. The van der Waals surface area contributed by atoms with Gasteiger partial charge in [0.1, 0.15) is 18.2 Å². The Kier molecular flexibility index (Phi) is 5.58. The first kappa shape index (κ1) is 20.5. The van der Waals surface area contributed by atoms with Gasteiger partial charge in [0.15, 0.2) is 23.4 Å². The van der Waals surface area contributed by atoms with Gasteiger partial charge in [-0.05, 0) is 32.0 Å². The summed E-state index contributed by atoms with van der Waals surface area (Å²) in [7, 11) is 0. The van der Waals surface area contributed by atoms with Crippen LogP contribution in [0, 0.1) is 13.8 Å². The lowest BCUT2D eigenvalue weighted by molar-refractivity contribution is 0.0777. The van der Waals surface area contributed by atoms with Crippen molar-refractivity contribution in [2.75, 3.05) is 6.61 Å². The molecular weight excluding hydrogens is 429 g/mol. The second-order valence-corrected chi connectivity index (χ2v) is 7.87. The normalized spacial score (nSPS) is 15.3. The number of Topliss-reactive ketones (excluding diaryl/α,β-unsaturated/α-hetero) is 1. The first-order chi connectivity index (χ1) is 14.3. The van der Waals surface area contributed by atoms with Gasteiger partial charge in [-0.2, -0.15) is 5.10 Å². The number of carbonyl (C=O) groups excluding carboxylic acids is 1. The monoisotopic (exact) mass is 447 g/mol. The maximum atomic E-state index is 12.9. The van der Waals surface area contributed by atoms with E-state index in [9.17, 15) is 9.59 Å². The Morgan fingerprint density at radius 2 is 1.97 bits per heavy atom. The molecule has 0 aliphatic carbocycles. The Bertz CT molecular complexity index is 1190. The molecule has 3 aromatic rings. The molecule has 1 aliphatic heterocycles. The summed E-state index contributed by atoms with van der Waals surface area (Å²) in [6.45, 7) is 4.51. The van der Waals surface area contributed by atoms with Crippen LogP contribution in [0.1, 0.15) is 21.7 Å². The maximum absolute atomic E-state index is 12.9. The van der Waals surface area contributed by atoms with Crippen LogP contribution >= 0.6 is 23.2 Å². The smallest absolute Gasteiger partial charge is 0.287 e. The molecule has 1 atom stereocenters. The number of benzene rings is 1. The topological polar surface area (TPSA) is 75.4 Å². The Morgan fingerprint density at radius 3 is 2.73 bits per heavy atom. The fraction of sp³-hybridized carbons (Fsp3) is 0.286. The van der Waals surface area contributed by atoms with Crippen molar-refractivity contribution in [3.8, 4) is 11.5 Å². The minimum absolute atomic E-state index is 0.0554. The van der Waals surface area contributed by atoms with Gasteiger partial charge in [0, 0.05) is 17.0 Å². The van der Waals surface area contributed by atoms with Gasteiger partial charge in [-0.3, -0.25) is 9.59 Å². The highest BCUT2D eigenvalue weighted by molar-refractivity contribution is 6.41. The molecule has 156 valence electrons. The molecular formula is C21H19Cl2N3O4. The lowest BCUT2D eigenvalue weighted by Gasteiger charge is -2.27. The van der Waals surface area contributed by atoms with Crippen LogP contribution < -0.4 is 15.0 Å². The van der Waals surface area contributed by atoms with E-state index in [0.717, 1.165) is 21.8 Å². The summed E-state index contributed by atoms with van der Waals surface area (Å²) in [5.41, 5.74) is 1.61. The van der Waals surface area contributed by atoms with Crippen molar-refractivity contribution in [1.82, 2.24) is 14.3 Å². The van der Waals surface area contributed by atoms with E-state index >= 15 is 0 Å². The number of nitrogens with zero attached hydrogens (tertiary/aromatic N) is 3. The molecule has 0 saturated heterocycles. The highest BCUT2D eigenvalue weighted by Crippen LogP contribution is 2.31. The van der Waals surface area contributed by atoms with Gasteiger partial charge >= 0.3 is 0 Å². The number of fused-ring (bicyclic) bond motifs is 1. The second kappa shape index (κ2) is 8.16. The van der Waals surface area contributed by atoms with E-state index in [2.05, 4.69) is 5.10 Å².